The van der Waals surface area contributed by atoms with Crippen LogP contribution in [0.25, 0.3) is 10.9 Å². The summed E-state index contributed by atoms with van der Waals surface area (Å²) in [5, 5.41) is 1.28. The Hall–Kier alpha value is -2.20. The molecule has 0 saturated heterocycles. The summed E-state index contributed by atoms with van der Waals surface area (Å²) in [5.41, 5.74) is 4.96. The van der Waals surface area contributed by atoms with Gasteiger partial charge in [0.25, 0.3) is 0 Å². The first-order valence-corrected chi connectivity index (χ1v) is 7.38. The number of hydrogen-bond donors (Lipinski definition) is 1. The summed E-state index contributed by atoms with van der Waals surface area (Å²) in [7, 11) is 0. The van der Waals surface area contributed by atoms with Crippen LogP contribution in [0.1, 0.15) is 22.8 Å². The van der Waals surface area contributed by atoms with Crippen molar-refractivity contribution < 1.29 is 0 Å². The number of aromatic nitrogens is 3. The van der Waals surface area contributed by atoms with Crippen molar-refractivity contribution in [1.29, 1.82) is 0 Å². The molecular weight excluding hydrogens is 260 g/mol. The Morgan fingerprint density at radius 1 is 1.29 bits per heavy atom. The largest absolute Gasteiger partial charge is 0.357 e. The molecule has 0 spiro atoms. The third-order valence-electron chi connectivity index (χ3n) is 4.13. The Bertz CT molecular complexity index is 757. The van der Waals surface area contributed by atoms with Gasteiger partial charge in [-0.25, -0.2) is 9.97 Å². The van der Waals surface area contributed by atoms with Gasteiger partial charge >= 0.3 is 0 Å². The third-order valence-corrected chi connectivity index (χ3v) is 4.13. The molecule has 4 nitrogen and oxygen atoms in total. The molecule has 106 valence electrons. The molecule has 4 rings (SSSR count). The number of nitrogens with zero attached hydrogens (tertiary/aromatic N) is 3. The molecule has 21 heavy (non-hydrogen) atoms. The molecule has 0 unspecified atom stereocenters. The van der Waals surface area contributed by atoms with Crippen molar-refractivity contribution in [3.63, 3.8) is 0 Å². The number of aryl methyl sites for hydroxylation is 1. The zero-order valence-electron chi connectivity index (χ0n) is 12.1. The van der Waals surface area contributed by atoms with Crippen LogP contribution in [-0.4, -0.2) is 26.4 Å². The van der Waals surface area contributed by atoms with Gasteiger partial charge in [0.1, 0.15) is 5.82 Å². The summed E-state index contributed by atoms with van der Waals surface area (Å²) in [6.07, 6.45) is 3.02. The number of rotatable bonds is 2. The Morgan fingerprint density at radius 3 is 3.10 bits per heavy atom. The summed E-state index contributed by atoms with van der Waals surface area (Å²) in [4.78, 5) is 14.8. The van der Waals surface area contributed by atoms with Crippen molar-refractivity contribution in [2.45, 2.75) is 26.4 Å². The first kappa shape index (κ1) is 12.5. The van der Waals surface area contributed by atoms with Crippen LogP contribution < -0.4 is 0 Å². The Kier molecular flexibility index (Phi) is 2.97. The van der Waals surface area contributed by atoms with Crippen LogP contribution in [-0.2, 0) is 19.5 Å². The van der Waals surface area contributed by atoms with E-state index in [9.17, 15) is 0 Å². The second-order valence-corrected chi connectivity index (χ2v) is 5.73. The lowest BCUT2D eigenvalue weighted by Gasteiger charge is -2.27. The monoisotopic (exact) mass is 278 g/mol. The Morgan fingerprint density at radius 2 is 2.19 bits per heavy atom. The summed E-state index contributed by atoms with van der Waals surface area (Å²) < 4.78 is 0. The van der Waals surface area contributed by atoms with Crippen LogP contribution in [0, 0.1) is 6.92 Å². The highest BCUT2D eigenvalue weighted by atomic mass is 15.1. The fourth-order valence-corrected chi connectivity index (χ4v) is 3.05. The lowest BCUT2D eigenvalue weighted by Crippen LogP contribution is -2.31. The lowest BCUT2D eigenvalue weighted by atomic mass is 10.1. The van der Waals surface area contributed by atoms with Gasteiger partial charge in [0.2, 0.25) is 0 Å². The van der Waals surface area contributed by atoms with Gasteiger partial charge in [-0.1, -0.05) is 18.2 Å². The average Bonchev–Trinajstić information content (AvgIpc) is 2.89. The number of para-hydroxylation sites is 1. The number of hydrogen-bond acceptors (Lipinski definition) is 3. The molecule has 0 saturated carbocycles. The molecule has 1 aliphatic rings. The smallest absolute Gasteiger partial charge is 0.125 e. The molecule has 0 fully saturated rings. The van der Waals surface area contributed by atoms with Crippen molar-refractivity contribution in [1.82, 2.24) is 19.9 Å². The fraction of sp³-hybridized carbons (Fsp3) is 0.294. The van der Waals surface area contributed by atoms with Gasteiger partial charge < -0.3 is 4.98 Å². The summed E-state index contributed by atoms with van der Waals surface area (Å²) in [6.45, 7) is 4.87. The van der Waals surface area contributed by atoms with E-state index in [0.717, 1.165) is 31.9 Å². The van der Waals surface area contributed by atoms with E-state index in [2.05, 4.69) is 50.2 Å². The molecule has 3 heterocycles. The molecule has 0 aliphatic carbocycles. The number of benzene rings is 1. The van der Waals surface area contributed by atoms with Crippen molar-refractivity contribution in [3.8, 4) is 0 Å². The molecule has 2 aromatic heterocycles. The first-order valence-electron chi connectivity index (χ1n) is 7.38. The predicted molar refractivity (Wildman–Crippen MR) is 82.9 cm³/mol. The van der Waals surface area contributed by atoms with Crippen molar-refractivity contribution >= 4 is 10.9 Å². The standard InChI is InChI=1S/C17H18N4/c1-12-18-9-14-6-7-21(11-17(14)19-12)10-15-8-13-4-2-3-5-16(13)20-15/h2-5,8-9,20H,6-7,10-11H2,1H3. The second-order valence-electron chi connectivity index (χ2n) is 5.73. The molecule has 0 radical (unpaired) electrons. The zero-order chi connectivity index (χ0) is 14.2. The minimum Gasteiger partial charge on any atom is -0.357 e. The lowest BCUT2D eigenvalue weighted by molar-refractivity contribution is 0.238. The van der Waals surface area contributed by atoms with E-state index in [0.29, 0.717) is 0 Å². The SMILES string of the molecule is Cc1ncc2c(n1)CN(Cc1cc3ccccc3[nH]1)CC2. The van der Waals surface area contributed by atoms with Crippen molar-refractivity contribution in [2.24, 2.45) is 0 Å². The van der Waals surface area contributed by atoms with Crippen LogP contribution in [0.15, 0.2) is 36.5 Å². The normalized spacial score (nSPS) is 15.3. The van der Waals surface area contributed by atoms with Crippen molar-refractivity contribution in [3.05, 3.63) is 59.3 Å². The fourth-order valence-electron chi connectivity index (χ4n) is 3.05. The van der Waals surface area contributed by atoms with Crippen LogP contribution >= 0.6 is 0 Å². The van der Waals surface area contributed by atoms with E-state index in [1.807, 2.05) is 13.1 Å². The highest BCUT2D eigenvalue weighted by Gasteiger charge is 2.18. The number of fused-ring (bicyclic) bond motifs is 2. The molecule has 1 N–H and O–H groups in total. The summed E-state index contributed by atoms with van der Waals surface area (Å²) in [5.74, 6) is 0.862. The zero-order valence-corrected chi connectivity index (χ0v) is 12.1. The second kappa shape index (κ2) is 4.97. The maximum atomic E-state index is 4.59. The number of aromatic amines is 1. The van der Waals surface area contributed by atoms with Crippen molar-refractivity contribution in [2.75, 3.05) is 6.54 Å². The first-order chi connectivity index (χ1) is 10.3. The van der Waals surface area contributed by atoms with E-state index in [4.69, 9.17) is 0 Å². The van der Waals surface area contributed by atoms with E-state index in [-0.39, 0.29) is 0 Å². The van der Waals surface area contributed by atoms with Gasteiger partial charge in [0.15, 0.2) is 0 Å². The highest BCUT2D eigenvalue weighted by Crippen LogP contribution is 2.20. The predicted octanol–water partition coefficient (Wildman–Crippen LogP) is 2.82. The summed E-state index contributed by atoms with van der Waals surface area (Å²) in [6, 6.07) is 10.7. The Balaban J connectivity index is 1.55. The van der Waals surface area contributed by atoms with Crippen LogP contribution in [0.2, 0.25) is 0 Å². The maximum Gasteiger partial charge on any atom is 0.125 e. The molecule has 3 aromatic rings. The van der Waals surface area contributed by atoms with Crippen LogP contribution in [0.5, 0.6) is 0 Å². The molecular formula is C17H18N4. The molecule has 0 amide bonds. The van der Waals surface area contributed by atoms with Gasteiger partial charge in [-0.2, -0.15) is 0 Å². The summed E-state index contributed by atoms with van der Waals surface area (Å²) >= 11 is 0. The molecule has 4 heteroatoms. The number of nitrogens with one attached hydrogen (secondary N) is 1. The molecule has 1 aliphatic heterocycles. The molecule has 0 bridgehead atoms. The molecule has 0 atom stereocenters. The molecule has 1 aromatic carbocycles. The van der Waals surface area contributed by atoms with E-state index < -0.39 is 0 Å². The third kappa shape index (κ3) is 2.43. The van der Waals surface area contributed by atoms with Gasteiger partial charge in [0, 0.05) is 37.0 Å². The van der Waals surface area contributed by atoms with Crippen LogP contribution in [0.3, 0.4) is 0 Å². The number of H-pyrrole nitrogens is 1. The quantitative estimate of drug-likeness (QED) is 0.784. The topological polar surface area (TPSA) is 44.8 Å². The van der Waals surface area contributed by atoms with Gasteiger partial charge in [-0.05, 0) is 36.4 Å². The van der Waals surface area contributed by atoms with Gasteiger partial charge in [0.05, 0.1) is 5.69 Å². The van der Waals surface area contributed by atoms with E-state index >= 15 is 0 Å². The minimum atomic E-state index is 0.862. The highest BCUT2D eigenvalue weighted by molar-refractivity contribution is 5.80. The van der Waals surface area contributed by atoms with E-state index in [1.165, 1.54) is 27.9 Å². The van der Waals surface area contributed by atoms with Crippen LogP contribution in [0.4, 0.5) is 0 Å². The van der Waals surface area contributed by atoms with Gasteiger partial charge in [-0.3, -0.25) is 4.90 Å². The maximum absolute atomic E-state index is 4.59. The average molecular weight is 278 g/mol. The minimum absolute atomic E-state index is 0.862. The Labute approximate surface area is 123 Å². The van der Waals surface area contributed by atoms with Gasteiger partial charge in [-0.15, -0.1) is 0 Å². The van der Waals surface area contributed by atoms with E-state index in [1.54, 1.807) is 0 Å².